The molecule has 1 atom stereocenters. The van der Waals surface area contributed by atoms with Gasteiger partial charge in [0.1, 0.15) is 5.82 Å². The number of hydrogen-bond donors (Lipinski definition) is 3. The van der Waals surface area contributed by atoms with Gasteiger partial charge in [0, 0.05) is 36.8 Å². The molecule has 1 aromatic heterocycles. The average Bonchev–Trinajstić information content (AvgIpc) is 3.23. The van der Waals surface area contributed by atoms with Crippen LogP contribution < -0.4 is 16.0 Å². The van der Waals surface area contributed by atoms with Crippen molar-refractivity contribution in [3.05, 3.63) is 36.1 Å². The van der Waals surface area contributed by atoms with E-state index in [0.717, 1.165) is 0 Å². The van der Waals surface area contributed by atoms with E-state index in [2.05, 4.69) is 21.1 Å². The van der Waals surface area contributed by atoms with E-state index in [9.17, 15) is 14.0 Å². The van der Waals surface area contributed by atoms with Crippen molar-refractivity contribution in [2.45, 2.75) is 32.4 Å². The van der Waals surface area contributed by atoms with Gasteiger partial charge in [0.05, 0.1) is 0 Å². The summed E-state index contributed by atoms with van der Waals surface area (Å²) in [4.78, 5) is 25.7. The molecule has 3 rings (SSSR count). The predicted molar refractivity (Wildman–Crippen MR) is 97.7 cm³/mol. The number of carbonyl (C=O) groups excluding carboxylic acids is 2. The largest absolute Gasteiger partial charge is 0.354 e. The third kappa shape index (κ3) is 4.96. The molecule has 0 bridgehead atoms. The Morgan fingerprint density at radius 1 is 1.33 bits per heavy atom. The number of aromatic nitrogens is 1. The summed E-state index contributed by atoms with van der Waals surface area (Å²) in [5, 5.41) is 12.1. The maximum absolute atomic E-state index is 13.3. The number of rotatable bonds is 4. The fraction of sp³-hybridized carbons (Fsp3) is 0.389. The van der Waals surface area contributed by atoms with Gasteiger partial charge in [-0.15, -0.1) is 0 Å². The van der Waals surface area contributed by atoms with Gasteiger partial charge in [-0.2, -0.15) is 0 Å². The molecule has 0 saturated carbocycles. The van der Waals surface area contributed by atoms with Gasteiger partial charge in [-0.25, -0.2) is 14.0 Å². The van der Waals surface area contributed by atoms with Crippen molar-refractivity contribution < 1.29 is 18.5 Å². The van der Waals surface area contributed by atoms with Gasteiger partial charge in [0.25, 0.3) is 0 Å². The number of halogens is 1. The SMILES string of the molecule is CC(C)NC(=O)NC1CCN(C(=O)Nc2cc(-c3cccc(F)c3)on2)C1. The zero-order valence-electron chi connectivity index (χ0n) is 15.2. The van der Waals surface area contributed by atoms with Crippen LogP contribution in [-0.2, 0) is 0 Å². The van der Waals surface area contributed by atoms with Crippen LogP contribution in [-0.4, -0.2) is 47.3 Å². The molecule has 144 valence electrons. The second-order valence-electron chi connectivity index (χ2n) is 6.72. The number of nitrogens with zero attached hydrogens (tertiary/aromatic N) is 2. The molecule has 0 spiro atoms. The van der Waals surface area contributed by atoms with Crippen LogP contribution >= 0.6 is 0 Å². The number of benzene rings is 1. The van der Waals surface area contributed by atoms with E-state index in [1.165, 1.54) is 18.2 Å². The normalized spacial score (nSPS) is 16.4. The zero-order valence-corrected chi connectivity index (χ0v) is 15.2. The molecule has 0 radical (unpaired) electrons. The summed E-state index contributed by atoms with van der Waals surface area (Å²) in [6.07, 6.45) is 0.673. The van der Waals surface area contributed by atoms with Crippen molar-refractivity contribution >= 4 is 17.9 Å². The lowest BCUT2D eigenvalue weighted by Gasteiger charge is -2.17. The molecule has 2 aromatic rings. The molecule has 27 heavy (non-hydrogen) atoms. The van der Waals surface area contributed by atoms with Crippen molar-refractivity contribution in [2.75, 3.05) is 18.4 Å². The van der Waals surface area contributed by atoms with Crippen LogP contribution in [0.5, 0.6) is 0 Å². The Morgan fingerprint density at radius 2 is 2.15 bits per heavy atom. The minimum atomic E-state index is -0.383. The van der Waals surface area contributed by atoms with Crippen LogP contribution in [0.25, 0.3) is 11.3 Å². The third-order valence-electron chi connectivity index (χ3n) is 4.08. The predicted octanol–water partition coefficient (Wildman–Crippen LogP) is 2.79. The van der Waals surface area contributed by atoms with Gasteiger partial charge in [-0.1, -0.05) is 17.3 Å². The van der Waals surface area contributed by atoms with Crippen LogP contribution in [0.4, 0.5) is 19.8 Å². The molecule has 1 aromatic carbocycles. The zero-order chi connectivity index (χ0) is 19.4. The van der Waals surface area contributed by atoms with Crippen LogP contribution in [0.3, 0.4) is 0 Å². The van der Waals surface area contributed by atoms with Crippen LogP contribution in [0.1, 0.15) is 20.3 Å². The van der Waals surface area contributed by atoms with Gasteiger partial charge < -0.3 is 20.1 Å². The van der Waals surface area contributed by atoms with E-state index in [1.807, 2.05) is 13.8 Å². The van der Waals surface area contributed by atoms with Crippen molar-refractivity contribution in [2.24, 2.45) is 0 Å². The lowest BCUT2D eigenvalue weighted by Crippen LogP contribution is -2.46. The minimum Gasteiger partial charge on any atom is -0.354 e. The molecule has 9 heteroatoms. The monoisotopic (exact) mass is 375 g/mol. The molecule has 1 unspecified atom stereocenters. The van der Waals surface area contributed by atoms with E-state index >= 15 is 0 Å². The Bertz CT molecular complexity index is 823. The summed E-state index contributed by atoms with van der Waals surface area (Å²) in [6.45, 7) is 4.69. The van der Waals surface area contributed by atoms with E-state index in [4.69, 9.17) is 4.52 Å². The van der Waals surface area contributed by atoms with Gasteiger partial charge in [-0.05, 0) is 32.4 Å². The number of hydrogen-bond acceptors (Lipinski definition) is 4. The third-order valence-corrected chi connectivity index (χ3v) is 4.08. The summed E-state index contributed by atoms with van der Waals surface area (Å²) in [7, 11) is 0. The number of amides is 4. The molecular formula is C18H22FN5O3. The highest BCUT2D eigenvalue weighted by molar-refractivity contribution is 5.89. The number of likely N-dealkylation sites (tertiary alicyclic amines) is 1. The van der Waals surface area contributed by atoms with Crippen molar-refractivity contribution in [1.82, 2.24) is 20.7 Å². The Labute approximate surface area is 156 Å². The molecule has 1 aliphatic rings. The molecule has 1 fully saturated rings. The molecular weight excluding hydrogens is 353 g/mol. The Balaban J connectivity index is 1.53. The Morgan fingerprint density at radius 3 is 2.89 bits per heavy atom. The fourth-order valence-electron chi connectivity index (χ4n) is 2.85. The van der Waals surface area contributed by atoms with Crippen LogP contribution in [0.2, 0.25) is 0 Å². The molecule has 3 N–H and O–H groups in total. The van der Waals surface area contributed by atoms with Crippen molar-refractivity contribution in [1.29, 1.82) is 0 Å². The van der Waals surface area contributed by atoms with Gasteiger partial charge in [0.2, 0.25) is 0 Å². The standard InChI is InChI=1S/C18H22FN5O3/c1-11(2)20-17(25)21-14-6-7-24(10-14)18(26)22-16-9-15(27-23-16)12-4-3-5-13(19)8-12/h3-5,8-9,11,14H,6-7,10H2,1-2H3,(H2,20,21,25)(H,22,23,26). The molecule has 1 aliphatic heterocycles. The molecule has 4 amide bonds. The second kappa shape index (κ2) is 8.07. The van der Waals surface area contributed by atoms with E-state index in [1.54, 1.807) is 17.0 Å². The summed E-state index contributed by atoms with van der Waals surface area (Å²) in [5.41, 5.74) is 0.532. The van der Waals surface area contributed by atoms with Crippen molar-refractivity contribution in [3.8, 4) is 11.3 Å². The minimum absolute atomic E-state index is 0.0465. The Kier molecular flexibility index (Phi) is 5.58. The van der Waals surface area contributed by atoms with Crippen molar-refractivity contribution in [3.63, 3.8) is 0 Å². The average molecular weight is 375 g/mol. The smallest absolute Gasteiger partial charge is 0.323 e. The van der Waals surface area contributed by atoms with Gasteiger partial charge in [0.15, 0.2) is 11.6 Å². The number of urea groups is 2. The lowest BCUT2D eigenvalue weighted by molar-refractivity contribution is 0.219. The van der Waals surface area contributed by atoms with Gasteiger partial charge in [-0.3, -0.25) is 5.32 Å². The highest BCUT2D eigenvalue weighted by Crippen LogP contribution is 2.23. The number of nitrogens with one attached hydrogen (secondary N) is 3. The quantitative estimate of drug-likeness (QED) is 0.765. The van der Waals surface area contributed by atoms with Crippen LogP contribution in [0.15, 0.2) is 34.9 Å². The maximum Gasteiger partial charge on any atom is 0.323 e. The lowest BCUT2D eigenvalue weighted by atomic mass is 10.2. The topological polar surface area (TPSA) is 99.5 Å². The highest BCUT2D eigenvalue weighted by atomic mass is 19.1. The summed E-state index contributed by atoms with van der Waals surface area (Å²) in [6, 6.07) is 6.82. The first-order chi connectivity index (χ1) is 12.9. The summed E-state index contributed by atoms with van der Waals surface area (Å²) >= 11 is 0. The highest BCUT2D eigenvalue weighted by Gasteiger charge is 2.28. The molecule has 0 aliphatic carbocycles. The summed E-state index contributed by atoms with van der Waals surface area (Å²) in [5.74, 6) is 0.218. The number of anilines is 1. The maximum atomic E-state index is 13.3. The van der Waals surface area contributed by atoms with E-state index in [0.29, 0.717) is 30.8 Å². The van der Waals surface area contributed by atoms with E-state index < -0.39 is 0 Å². The summed E-state index contributed by atoms with van der Waals surface area (Å²) < 4.78 is 18.5. The molecule has 1 saturated heterocycles. The fourth-order valence-corrected chi connectivity index (χ4v) is 2.85. The van der Waals surface area contributed by atoms with Gasteiger partial charge >= 0.3 is 12.1 Å². The van der Waals surface area contributed by atoms with E-state index in [-0.39, 0.29) is 35.8 Å². The van der Waals surface area contributed by atoms with Crippen LogP contribution in [0, 0.1) is 5.82 Å². The molecule has 2 heterocycles. The first kappa shape index (κ1) is 18.7. The second-order valence-corrected chi connectivity index (χ2v) is 6.72. The first-order valence-electron chi connectivity index (χ1n) is 8.76. The number of carbonyl (C=O) groups is 2. The molecule has 8 nitrogen and oxygen atoms in total. The first-order valence-corrected chi connectivity index (χ1v) is 8.76. The Hall–Kier alpha value is -3.10.